The van der Waals surface area contributed by atoms with Gasteiger partial charge in [0.1, 0.15) is 4.90 Å². The van der Waals surface area contributed by atoms with Gasteiger partial charge in [0.15, 0.2) is 0 Å². The predicted octanol–water partition coefficient (Wildman–Crippen LogP) is 2.85. The summed E-state index contributed by atoms with van der Waals surface area (Å²) in [7, 11) is -2.08. The number of nitrogens with zero attached hydrogens (tertiary/aromatic N) is 2. The molecule has 108 valence electrons. The molecule has 1 heterocycles. The largest absolute Gasteiger partial charge is 0.281 e. The first-order valence-electron chi connectivity index (χ1n) is 5.72. The van der Waals surface area contributed by atoms with Gasteiger partial charge in [-0.3, -0.25) is 5.10 Å². The van der Waals surface area contributed by atoms with Crippen molar-refractivity contribution in [1.29, 1.82) is 0 Å². The summed E-state index contributed by atoms with van der Waals surface area (Å²) in [5.74, 6) is 0. The number of benzene rings is 1. The topological polar surface area (TPSA) is 66.1 Å². The van der Waals surface area contributed by atoms with E-state index in [9.17, 15) is 8.42 Å². The minimum absolute atomic E-state index is 0.167. The van der Waals surface area contributed by atoms with Crippen LogP contribution in [0.4, 0.5) is 0 Å². The summed E-state index contributed by atoms with van der Waals surface area (Å²) in [6.45, 7) is 1.86. The Hall–Kier alpha value is -1.08. The van der Waals surface area contributed by atoms with Crippen molar-refractivity contribution in [3.8, 4) is 0 Å². The molecule has 0 aliphatic rings. The fourth-order valence-electron chi connectivity index (χ4n) is 1.75. The van der Waals surface area contributed by atoms with Crippen molar-refractivity contribution in [2.75, 3.05) is 7.05 Å². The molecule has 5 nitrogen and oxygen atoms in total. The zero-order chi connectivity index (χ0) is 14.9. The minimum atomic E-state index is -3.58. The van der Waals surface area contributed by atoms with Crippen LogP contribution >= 0.6 is 23.2 Å². The molecule has 1 N–H and O–H groups in total. The molecule has 0 saturated heterocycles. The summed E-state index contributed by atoms with van der Waals surface area (Å²) in [5.41, 5.74) is 1.26. The van der Waals surface area contributed by atoms with Gasteiger partial charge in [-0.25, -0.2) is 8.42 Å². The molecule has 0 radical (unpaired) electrons. The standard InChI is InChI=1S/C12H13Cl2N3O2S/c1-8-12(6-15-16-8)20(18,19)17(2)7-9-3-4-10(13)11(14)5-9/h3-6H,7H2,1-2H3,(H,15,16). The Kier molecular flexibility index (Phi) is 4.39. The number of nitrogens with one attached hydrogen (secondary N) is 1. The molecule has 1 aromatic heterocycles. The van der Waals surface area contributed by atoms with E-state index in [0.29, 0.717) is 15.7 Å². The van der Waals surface area contributed by atoms with Crippen molar-refractivity contribution >= 4 is 33.2 Å². The van der Waals surface area contributed by atoms with Crippen molar-refractivity contribution in [3.05, 3.63) is 45.7 Å². The molecule has 0 fully saturated rings. The van der Waals surface area contributed by atoms with Crippen LogP contribution in [0.2, 0.25) is 10.0 Å². The van der Waals surface area contributed by atoms with Crippen LogP contribution in [0.5, 0.6) is 0 Å². The third kappa shape index (κ3) is 2.98. The maximum atomic E-state index is 12.4. The smallest absolute Gasteiger partial charge is 0.246 e. The highest BCUT2D eigenvalue weighted by Gasteiger charge is 2.24. The highest BCUT2D eigenvalue weighted by Crippen LogP contribution is 2.24. The number of aryl methyl sites for hydroxylation is 1. The Balaban J connectivity index is 2.25. The Bertz CT molecular complexity index is 728. The second-order valence-electron chi connectivity index (χ2n) is 4.37. The Morgan fingerprint density at radius 1 is 1.30 bits per heavy atom. The lowest BCUT2D eigenvalue weighted by Gasteiger charge is -2.17. The highest BCUT2D eigenvalue weighted by atomic mass is 35.5. The van der Waals surface area contributed by atoms with Crippen molar-refractivity contribution in [2.45, 2.75) is 18.4 Å². The summed E-state index contributed by atoms with van der Waals surface area (Å²) in [5, 5.41) is 7.18. The van der Waals surface area contributed by atoms with E-state index < -0.39 is 10.0 Å². The van der Waals surface area contributed by atoms with Crippen LogP contribution in [-0.2, 0) is 16.6 Å². The number of H-pyrrole nitrogens is 1. The molecule has 0 unspecified atom stereocenters. The van der Waals surface area contributed by atoms with E-state index in [0.717, 1.165) is 5.56 Å². The SMILES string of the molecule is Cc1[nH]ncc1S(=O)(=O)N(C)Cc1ccc(Cl)c(Cl)c1. The fourth-order valence-corrected chi connectivity index (χ4v) is 3.34. The number of rotatable bonds is 4. The number of aromatic nitrogens is 2. The summed E-state index contributed by atoms with van der Waals surface area (Å²) in [4.78, 5) is 0.167. The first-order chi connectivity index (χ1) is 9.32. The van der Waals surface area contributed by atoms with E-state index in [2.05, 4.69) is 10.2 Å². The molecular weight excluding hydrogens is 321 g/mol. The predicted molar refractivity (Wildman–Crippen MR) is 78.4 cm³/mol. The third-order valence-corrected chi connectivity index (χ3v) is 5.52. The van der Waals surface area contributed by atoms with Crippen LogP contribution in [0.15, 0.2) is 29.3 Å². The van der Waals surface area contributed by atoms with Gasteiger partial charge >= 0.3 is 0 Å². The molecule has 2 rings (SSSR count). The lowest BCUT2D eigenvalue weighted by Crippen LogP contribution is -2.26. The molecule has 1 aromatic carbocycles. The summed E-state index contributed by atoms with van der Waals surface area (Å²) in [6.07, 6.45) is 1.30. The fraction of sp³-hybridized carbons (Fsp3) is 0.250. The number of hydrogen-bond donors (Lipinski definition) is 1. The van der Waals surface area contributed by atoms with Crippen LogP contribution in [-0.4, -0.2) is 30.0 Å². The lowest BCUT2D eigenvalue weighted by atomic mass is 10.2. The van der Waals surface area contributed by atoms with Crippen LogP contribution in [0.1, 0.15) is 11.3 Å². The molecule has 0 bridgehead atoms. The molecule has 8 heteroatoms. The van der Waals surface area contributed by atoms with Gasteiger partial charge in [-0.05, 0) is 24.6 Å². The van der Waals surface area contributed by atoms with Gasteiger partial charge in [-0.1, -0.05) is 29.3 Å². The van der Waals surface area contributed by atoms with Gasteiger partial charge in [-0.15, -0.1) is 0 Å². The van der Waals surface area contributed by atoms with Crippen molar-refractivity contribution in [3.63, 3.8) is 0 Å². The van der Waals surface area contributed by atoms with Crippen LogP contribution in [0, 0.1) is 6.92 Å². The summed E-state index contributed by atoms with van der Waals surface area (Å²) < 4.78 is 26.0. The monoisotopic (exact) mass is 333 g/mol. The van der Waals surface area contributed by atoms with Crippen LogP contribution < -0.4 is 0 Å². The Labute approximate surface area is 127 Å². The quantitative estimate of drug-likeness (QED) is 0.935. The highest BCUT2D eigenvalue weighted by molar-refractivity contribution is 7.89. The van der Waals surface area contributed by atoms with E-state index in [-0.39, 0.29) is 11.4 Å². The Morgan fingerprint density at radius 3 is 2.55 bits per heavy atom. The normalized spacial score (nSPS) is 12.1. The zero-order valence-electron chi connectivity index (χ0n) is 10.9. The van der Waals surface area contributed by atoms with Gasteiger partial charge in [-0.2, -0.15) is 9.40 Å². The van der Waals surface area contributed by atoms with Gasteiger partial charge < -0.3 is 0 Å². The molecule has 0 amide bonds. The number of halogens is 2. The molecule has 0 aliphatic carbocycles. The molecular formula is C12H13Cl2N3O2S. The average Bonchev–Trinajstić information content (AvgIpc) is 2.80. The molecule has 20 heavy (non-hydrogen) atoms. The molecule has 2 aromatic rings. The second kappa shape index (κ2) is 5.73. The summed E-state index contributed by atoms with van der Waals surface area (Å²) in [6, 6.07) is 5.03. The maximum absolute atomic E-state index is 12.4. The van der Waals surface area contributed by atoms with Gasteiger partial charge in [0.05, 0.1) is 21.9 Å². The molecule has 0 saturated carbocycles. The third-order valence-electron chi connectivity index (χ3n) is 2.86. The first-order valence-corrected chi connectivity index (χ1v) is 7.92. The van der Waals surface area contributed by atoms with Crippen LogP contribution in [0.25, 0.3) is 0 Å². The number of hydrogen-bond acceptors (Lipinski definition) is 3. The van der Waals surface area contributed by atoms with Gasteiger partial charge in [0, 0.05) is 13.6 Å². The first kappa shape index (κ1) is 15.3. The van der Waals surface area contributed by atoms with E-state index in [1.54, 1.807) is 25.1 Å². The van der Waals surface area contributed by atoms with Crippen molar-refractivity contribution < 1.29 is 8.42 Å². The average molecular weight is 334 g/mol. The maximum Gasteiger partial charge on any atom is 0.246 e. The molecule has 0 atom stereocenters. The van der Waals surface area contributed by atoms with E-state index in [4.69, 9.17) is 23.2 Å². The molecule has 0 spiro atoms. The minimum Gasteiger partial charge on any atom is -0.281 e. The van der Waals surface area contributed by atoms with E-state index >= 15 is 0 Å². The second-order valence-corrected chi connectivity index (χ2v) is 7.20. The van der Waals surface area contributed by atoms with Gasteiger partial charge in [0.2, 0.25) is 10.0 Å². The van der Waals surface area contributed by atoms with Gasteiger partial charge in [0.25, 0.3) is 0 Å². The van der Waals surface area contributed by atoms with E-state index in [1.807, 2.05) is 0 Å². The van der Waals surface area contributed by atoms with Crippen LogP contribution in [0.3, 0.4) is 0 Å². The van der Waals surface area contributed by atoms with Crippen molar-refractivity contribution in [1.82, 2.24) is 14.5 Å². The summed E-state index contributed by atoms with van der Waals surface area (Å²) >= 11 is 11.8. The lowest BCUT2D eigenvalue weighted by molar-refractivity contribution is 0.466. The van der Waals surface area contributed by atoms with E-state index in [1.165, 1.54) is 17.5 Å². The zero-order valence-corrected chi connectivity index (χ0v) is 13.2. The molecule has 0 aliphatic heterocycles. The number of aromatic amines is 1. The Morgan fingerprint density at radius 2 is 2.00 bits per heavy atom. The number of sulfonamides is 1. The van der Waals surface area contributed by atoms with Crippen molar-refractivity contribution in [2.24, 2.45) is 0 Å².